The first-order valence-electron chi connectivity index (χ1n) is 11.1. The normalized spacial score (nSPS) is 20.8. The molecular weight excluding hydrogens is 440 g/mol. The predicted molar refractivity (Wildman–Crippen MR) is 118 cm³/mol. The molecule has 1 aromatic carbocycles. The number of hydrogen-bond donors (Lipinski definition) is 1. The Balaban J connectivity index is 1.26. The van der Waals surface area contributed by atoms with E-state index in [4.69, 9.17) is 16.3 Å². The molecule has 1 saturated heterocycles. The number of fused-ring (bicyclic) bond motifs is 1. The number of hydrogen-bond acceptors (Lipinski definition) is 5. The first-order chi connectivity index (χ1) is 14.8. The van der Waals surface area contributed by atoms with E-state index in [2.05, 4.69) is 5.32 Å². The van der Waals surface area contributed by atoms with Gasteiger partial charge in [-0.05, 0) is 67.6 Å². The van der Waals surface area contributed by atoms with Crippen LogP contribution in [0, 0.1) is 5.92 Å². The quantitative estimate of drug-likeness (QED) is 0.397. The van der Waals surface area contributed by atoms with Gasteiger partial charge in [0.2, 0.25) is 5.91 Å². The maximum Gasteiger partial charge on any atom is 0.324 e. The van der Waals surface area contributed by atoms with Crippen LogP contribution in [0.3, 0.4) is 0 Å². The van der Waals surface area contributed by atoms with E-state index in [1.54, 1.807) is 0 Å². The van der Waals surface area contributed by atoms with Crippen molar-refractivity contribution in [2.45, 2.75) is 50.9 Å². The average molecular weight is 469 g/mol. The van der Waals surface area contributed by atoms with E-state index in [1.807, 2.05) is 12.1 Å². The highest BCUT2D eigenvalue weighted by atomic mass is 35.5. The molecule has 1 aliphatic heterocycles. The molecule has 7 nitrogen and oxygen atoms in total. The molecule has 170 valence electrons. The lowest BCUT2D eigenvalue weighted by Crippen LogP contribution is -2.29. The van der Waals surface area contributed by atoms with Crippen molar-refractivity contribution in [3.63, 3.8) is 0 Å². The number of unbranched alkanes of at least 4 members (excludes halogenated alkanes) is 2. The number of nitrogens with zero attached hydrogens (tertiary/aromatic N) is 1. The van der Waals surface area contributed by atoms with Crippen LogP contribution in [0.25, 0.3) is 0 Å². The summed E-state index contributed by atoms with van der Waals surface area (Å²) in [5.74, 6) is 1.36. The summed E-state index contributed by atoms with van der Waals surface area (Å²) < 4.78 is 31.4. The number of benzene rings is 1. The van der Waals surface area contributed by atoms with Crippen molar-refractivity contribution in [1.82, 2.24) is 10.2 Å². The molecule has 0 aromatic heterocycles. The van der Waals surface area contributed by atoms with E-state index in [-0.39, 0.29) is 35.9 Å². The van der Waals surface area contributed by atoms with Crippen LogP contribution in [0.1, 0.15) is 55.6 Å². The molecule has 1 N–H and O–H groups in total. The molecule has 1 atom stereocenters. The van der Waals surface area contributed by atoms with Gasteiger partial charge in [-0.3, -0.25) is 10.1 Å². The molecule has 1 heterocycles. The number of sulfone groups is 1. The number of amides is 3. The van der Waals surface area contributed by atoms with Crippen molar-refractivity contribution in [2.24, 2.45) is 5.92 Å². The van der Waals surface area contributed by atoms with Gasteiger partial charge in [0, 0.05) is 6.54 Å². The fourth-order valence-corrected chi connectivity index (χ4v) is 6.40. The van der Waals surface area contributed by atoms with Crippen LogP contribution in [0.2, 0.25) is 5.02 Å². The number of nitrogens with one attached hydrogen (secondary N) is 1. The minimum atomic E-state index is -3.19. The van der Waals surface area contributed by atoms with Gasteiger partial charge in [-0.2, -0.15) is 0 Å². The largest absolute Gasteiger partial charge is 0.491 e. The Kier molecular flexibility index (Phi) is 6.77. The third-order valence-corrected chi connectivity index (χ3v) is 8.42. The topological polar surface area (TPSA) is 92.8 Å². The van der Waals surface area contributed by atoms with E-state index < -0.39 is 9.84 Å². The van der Waals surface area contributed by atoms with Crippen molar-refractivity contribution < 1.29 is 22.7 Å². The van der Waals surface area contributed by atoms with E-state index in [1.165, 1.54) is 17.7 Å². The molecule has 1 saturated carbocycles. The van der Waals surface area contributed by atoms with Crippen molar-refractivity contribution in [3.05, 3.63) is 28.3 Å². The maximum absolute atomic E-state index is 12.7. The minimum absolute atomic E-state index is 0.0140. The SMILES string of the molecule is O=C1CN(CCCCCS(=O)(=O)CC2CCc3c2ccc(Cl)c3OCC2CC2)C(=O)N1. The van der Waals surface area contributed by atoms with Crippen LogP contribution in [0.5, 0.6) is 5.75 Å². The molecular formula is C22H29ClN2O5S. The van der Waals surface area contributed by atoms with E-state index in [0.29, 0.717) is 43.4 Å². The maximum atomic E-state index is 12.7. The lowest BCUT2D eigenvalue weighted by atomic mass is 10.0. The summed E-state index contributed by atoms with van der Waals surface area (Å²) in [6.07, 6.45) is 5.95. The van der Waals surface area contributed by atoms with Gasteiger partial charge >= 0.3 is 6.03 Å². The zero-order valence-electron chi connectivity index (χ0n) is 17.6. The number of halogens is 1. The van der Waals surface area contributed by atoms with Crippen LogP contribution in [0.4, 0.5) is 4.79 Å². The third-order valence-electron chi connectivity index (χ3n) is 6.30. The summed E-state index contributed by atoms with van der Waals surface area (Å²) in [5.41, 5.74) is 2.13. The summed E-state index contributed by atoms with van der Waals surface area (Å²) in [6, 6.07) is 3.42. The van der Waals surface area contributed by atoms with Gasteiger partial charge in [0.1, 0.15) is 12.3 Å². The number of imide groups is 1. The average Bonchev–Trinajstić information content (AvgIpc) is 3.37. The van der Waals surface area contributed by atoms with Crippen LogP contribution in [-0.2, 0) is 21.1 Å². The van der Waals surface area contributed by atoms with E-state index in [9.17, 15) is 18.0 Å². The number of carbonyl (C=O) groups excluding carboxylic acids is 2. The molecule has 2 aliphatic carbocycles. The Labute approximate surface area is 188 Å². The predicted octanol–water partition coefficient (Wildman–Crippen LogP) is 3.30. The van der Waals surface area contributed by atoms with Gasteiger partial charge in [0.15, 0.2) is 9.84 Å². The van der Waals surface area contributed by atoms with Gasteiger partial charge in [-0.25, -0.2) is 13.2 Å². The molecule has 1 unspecified atom stereocenters. The first-order valence-corrected chi connectivity index (χ1v) is 13.3. The van der Waals surface area contributed by atoms with Crippen LogP contribution in [0.15, 0.2) is 12.1 Å². The molecule has 3 aliphatic rings. The summed E-state index contributed by atoms with van der Waals surface area (Å²) in [6.45, 7) is 1.25. The number of urea groups is 1. The molecule has 1 aromatic rings. The van der Waals surface area contributed by atoms with Crippen molar-refractivity contribution in [3.8, 4) is 5.75 Å². The fourth-order valence-electron chi connectivity index (χ4n) is 4.40. The standard InChI is InChI=1S/C22H29ClN2O5S/c23-19-9-8-17-16(6-7-18(17)21(19)30-13-15-4-5-15)14-31(28,29)11-3-1-2-10-25-12-20(26)24-22(25)27/h8-9,15-16H,1-7,10-14H2,(H,24,26,27). The Morgan fingerprint density at radius 3 is 2.65 bits per heavy atom. The number of ether oxygens (including phenoxy) is 1. The zero-order valence-corrected chi connectivity index (χ0v) is 19.1. The lowest BCUT2D eigenvalue weighted by Gasteiger charge is -2.16. The second kappa shape index (κ2) is 9.36. The van der Waals surface area contributed by atoms with E-state index in [0.717, 1.165) is 29.7 Å². The molecule has 4 rings (SSSR count). The molecule has 2 fully saturated rings. The van der Waals surface area contributed by atoms with Crippen LogP contribution in [-0.4, -0.2) is 56.5 Å². The van der Waals surface area contributed by atoms with Gasteiger partial charge in [-0.15, -0.1) is 0 Å². The summed E-state index contributed by atoms with van der Waals surface area (Å²) in [4.78, 5) is 24.1. The van der Waals surface area contributed by atoms with Crippen molar-refractivity contribution in [2.75, 3.05) is 31.2 Å². The Morgan fingerprint density at radius 1 is 1.13 bits per heavy atom. The Hall–Kier alpha value is -1.80. The first kappa shape index (κ1) is 22.4. The second-order valence-electron chi connectivity index (χ2n) is 8.88. The summed E-state index contributed by atoms with van der Waals surface area (Å²) in [5, 5.41) is 2.85. The molecule has 31 heavy (non-hydrogen) atoms. The molecule has 0 spiro atoms. The van der Waals surface area contributed by atoms with Crippen LogP contribution >= 0.6 is 11.6 Å². The van der Waals surface area contributed by atoms with E-state index >= 15 is 0 Å². The molecule has 9 heteroatoms. The highest BCUT2D eigenvalue weighted by Crippen LogP contribution is 2.43. The lowest BCUT2D eigenvalue weighted by molar-refractivity contribution is -0.118. The molecule has 0 radical (unpaired) electrons. The van der Waals surface area contributed by atoms with Gasteiger partial charge in [0.05, 0.1) is 23.1 Å². The highest BCUT2D eigenvalue weighted by Gasteiger charge is 2.31. The van der Waals surface area contributed by atoms with Gasteiger partial charge < -0.3 is 9.64 Å². The zero-order chi connectivity index (χ0) is 22.0. The smallest absolute Gasteiger partial charge is 0.324 e. The molecule has 0 bridgehead atoms. The minimum Gasteiger partial charge on any atom is -0.491 e. The third kappa shape index (κ3) is 5.71. The molecule has 3 amide bonds. The Morgan fingerprint density at radius 2 is 1.94 bits per heavy atom. The Bertz CT molecular complexity index is 961. The monoisotopic (exact) mass is 468 g/mol. The van der Waals surface area contributed by atoms with Crippen LogP contribution < -0.4 is 10.1 Å². The van der Waals surface area contributed by atoms with Crippen molar-refractivity contribution in [1.29, 1.82) is 0 Å². The second-order valence-corrected chi connectivity index (χ2v) is 11.5. The summed E-state index contributed by atoms with van der Waals surface area (Å²) >= 11 is 6.36. The number of rotatable bonds is 11. The number of carbonyl (C=O) groups is 2. The summed E-state index contributed by atoms with van der Waals surface area (Å²) in [7, 11) is -3.19. The van der Waals surface area contributed by atoms with Crippen molar-refractivity contribution >= 4 is 33.4 Å². The highest BCUT2D eigenvalue weighted by molar-refractivity contribution is 7.91. The van der Waals surface area contributed by atoms with Gasteiger partial charge in [0.25, 0.3) is 0 Å². The van der Waals surface area contributed by atoms with Gasteiger partial charge in [-0.1, -0.05) is 24.1 Å². The fraction of sp³-hybridized carbons (Fsp3) is 0.636.